The van der Waals surface area contributed by atoms with Gasteiger partial charge < -0.3 is 20.2 Å². The number of amides is 2. The number of hydrogen-bond donors (Lipinski definition) is 2. The molecule has 0 aliphatic carbocycles. The van der Waals surface area contributed by atoms with Crippen LogP contribution in [-0.2, 0) is 4.79 Å². The molecular weight excluding hydrogens is 258 g/mol. The van der Waals surface area contributed by atoms with Crippen LogP contribution in [0.15, 0.2) is 0 Å². The van der Waals surface area contributed by atoms with Gasteiger partial charge >= 0.3 is 12.0 Å². The molecule has 0 saturated carbocycles. The first-order valence-electron chi connectivity index (χ1n) is 7.49. The number of urea groups is 1. The second-order valence-electron chi connectivity index (χ2n) is 5.48. The van der Waals surface area contributed by atoms with Gasteiger partial charge in [0.25, 0.3) is 0 Å². The summed E-state index contributed by atoms with van der Waals surface area (Å²) in [5.74, 6) is -0.432. The minimum absolute atomic E-state index is 0.00573. The third kappa shape index (κ3) is 6.23. The number of hydrogen-bond acceptors (Lipinski definition) is 3. The van der Waals surface area contributed by atoms with Gasteiger partial charge in [0.2, 0.25) is 0 Å². The zero-order chi connectivity index (χ0) is 15.0. The van der Waals surface area contributed by atoms with Crippen molar-refractivity contribution in [1.82, 2.24) is 15.1 Å². The Morgan fingerprint density at radius 1 is 1.20 bits per heavy atom. The molecule has 1 fully saturated rings. The number of carbonyl (C=O) groups is 2. The Bertz CT molecular complexity index is 315. The van der Waals surface area contributed by atoms with E-state index in [0.717, 1.165) is 39.1 Å². The normalized spacial score (nSPS) is 17.8. The molecule has 1 rings (SSSR count). The maximum absolute atomic E-state index is 11.9. The smallest absolute Gasteiger partial charge is 0.317 e. The van der Waals surface area contributed by atoms with Gasteiger partial charge in [-0.15, -0.1) is 0 Å². The van der Waals surface area contributed by atoms with E-state index in [1.54, 1.807) is 0 Å². The molecule has 6 heteroatoms. The van der Waals surface area contributed by atoms with Gasteiger partial charge in [-0.25, -0.2) is 4.79 Å². The third-order valence-corrected chi connectivity index (χ3v) is 3.87. The number of carboxylic acids is 1. The molecule has 20 heavy (non-hydrogen) atoms. The fraction of sp³-hybridized carbons (Fsp3) is 0.857. The predicted octanol–water partition coefficient (Wildman–Crippen LogP) is 1.22. The van der Waals surface area contributed by atoms with Crippen LogP contribution >= 0.6 is 0 Å². The first kappa shape index (κ1) is 16.8. The molecule has 0 bridgehead atoms. The van der Waals surface area contributed by atoms with Gasteiger partial charge in [0.15, 0.2) is 0 Å². The van der Waals surface area contributed by atoms with Crippen molar-refractivity contribution in [2.45, 2.75) is 33.1 Å². The van der Waals surface area contributed by atoms with E-state index in [1.807, 2.05) is 11.8 Å². The molecule has 1 saturated heterocycles. The van der Waals surface area contributed by atoms with E-state index < -0.39 is 5.97 Å². The highest BCUT2D eigenvalue weighted by molar-refractivity contribution is 5.74. The van der Waals surface area contributed by atoms with Gasteiger partial charge in [-0.3, -0.25) is 4.79 Å². The molecule has 0 aromatic rings. The Morgan fingerprint density at radius 3 is 2.40 bits per heavy atom. The zero-order valence-electron chi connectivity index (χ0n) is 12.6. The van der Waals surface area contributed by atoms with Crippen LogP contribution in [0.2, 0.25) is 0 Å². The highest BCUT2D eigenvalue weighted by Gasteiger charge is 2.19. The van der Waals surface area contributed by atoms with Crippen molar-refractivity contribution in [2.24, 2.45) is 5.92 Å². The molecule has 2 N–H and O–H groups in total. The van der Waals surface area contributed by atoms with Crippen LogP contribution in [0.3, 0.4) is 0 Å². The summed E-state index contributed by atoms with van der Waals surface area (Å²) in [5.41, 5.74) is 0. The molecule has 0 spiro atoms. The van der Waals surface area contributed by atoms with Crippen molar-refractivity contribution in [2.75, 3.05) is 39.3 Å². The Hall–Kier alpha value is -1.30. The van der Waals surface area contributed by atoms with Gasteiger partial charge in [0.05, 0.1) is 0 Å². The monoisotopic (exact) mass is 285 g/mol. The first-order chi connectivity index (χ1) is 9.52. The molecule has 1 aliphatic rings. The van der Waals surface area contributed by atoms with E-state index in [0.29, 0.717) is 18.9 Å². The predicted molar refractivity (Wildman–Crippen MR) is 77.7 cm³/mol. The van der Waals surface area contributed by atoms with E-state index >= 15 is 0 Å². The minimum Gasteiger partial charge on any atom is -0.481 e. The van der Waals surface area contributed by atoms with Gasteiger partial charge in [0.1, 0.15) is 0 Å². The SMILES string of the molecule is CCN1CCN(C(=O)NCCC(C)CCC(=O)O)CC1. The lowest BCUT2D eigenvalue weighted by atomic mass is 10.0. The quantitative estimate of drug-likeness (QED) is 0.738. The molecule has 116 valence electrons. The topological polar surface area (TPSA) is 72.9 Å². The Kier molecular flexibility index (Phi) is 7.36. The van der Waals surface area contributed by atoms with Crippen molar-refractivity contribution in [3.8, 4) is 0 Å². The lowest BCUT2D eigenvalue weighted by Crippen LogP contribution is -2.51. The molecule has 0 aromatic carbocycles. The number of rotatable bonds is 7. The summed E-state index contributed by atoms with van der Waals surface area (Å²) in [5, 5.41) is 11.5. The number of nitrogens with one attached hydrogen (secondary N) is 1. The van der Waals surface area contributed by atoms with Gasteiger partial charge in [-0.2, -0.15) is 0 Å². The highest BCUT2D eigenvalue weighted by atomic mass is 16.4. The lowest BCUT2D eigenvalue weighted by molar-refractivity contribution is -0.137. The average molecular weight is 285 g/mol. The average Bonchev–Trinajstić information content (AvgIpc) is 2.45. The van der Waals surface area contributed by atoms with Crippen LogP contribution in [-0.4, -0.2) is 66.2 Å². The number of nitrogens with zero attached hydrogens (tertiary/aromatic N) is 2. The van der Waals surface area contributed by atoms with Gasteiger partial charge in [0, 0.05) is 39.1 Å². The molecule has 0 radical (unpaired) electrons. The first-order valence-corrected chi connectivity index (χ1v) is 7.49. The molecule has 1 unspecified atom stereocenters. The summed E-state index contributed by atoms with van der Waals surface area (Å²) < 4.78 is 0. The standard InChI is InChI=1S/C14H27N3O3/c1-3-16-8-10-17(11-9-16)14(20)15-7-6-12(2)4-5-13(18)19/h12H,3-11H2,1-2H3,(H,15,20)(H,18,19). The summed E-state index contributed by atoms with van der Waals surface area (Å²) in [7, 11) is 0. The van der Waals surface area contributed by atoms with Crippen LogP contribution in [0.25, 0.3) is 0 Å². The number of aliphatic carboxylic acids is 1. The van der Waals surface area contributed by atoms with Crippen LogP contribution in [0.4, 0.5) is 4.79 Å². The second-order valence-corrected chi connectivity index (χ2v) is 5.48. The van der Waals surface area contributed by atoms with Crippen LogP contribution < -0.4 is 5.32 Å². The van der Waals surface area contributed by atoms with Crippen LogP contribution in [0.5, 0.6) is 0 Å². The van der Waals surface area contributed by atoms with Crippen LogP contribution in [0, 0.1) is 5.92 Å². The van der Waals surface area contributed by atoms with E-state index in [9.17, 15) is 9.59 Å². The molecule has 1 heterocycles. The van der Waals surface area contributed by atoms with Crippen molar-refractivity contribution in [3.05, 3.63) is 0 Å². The molecular formula is C14H27N3O3. The maximum atomic E-state index is 11.9. The van der Waals surface area contributed by atoms with Crippen LogP contribution in [0.1, 0.15) is 33.1 Å². The van der Waals surface area contributed by atoms with E-state index in [2.05, 4.69) is 17.1 Å². The Morgan fingerprint density at radius 2 is 1.85 bits per heavy atom. The lowest BCUT2D eigenvalue weighted by Gasteiger charge is -2.34. The molecule has 1 atom stereocenters. The second kappa shape index (κ2) is 8.79. The van der Waals surface area contributed by atoms with Crippen molar-refractivity contribution < 1.29 is 14.7 Å². The fourth-order valence-corrected chi connectivity index (χ4v) is 2.32. The number of carbonyl (C=O) groups excluding carboxylic acids is 1. The Labute approximate surface area is 121 Å². The van der Waals surface area contributed by atoms with Crippen molar-refractivity contribution in [1.29, 1.82) is 0 Å². The zero-order valence-corrected chi connectivity index (χ0v) is 12.6. The highest BCUT2D eigenvalue weighted by Crippen LogP contribution is 2.09. The summed E-state index contributed by atoms with van der Waals surface area (Å²) in [4.78, 5) is 26.6. The van der Waals surface area contributed by atoms with E-state index in [-0.39, 0.29) is 12.5 Å². The number of likely N-dealkylation sites (N-methyl/N-ethyl adjacent to an activating group) is 1. The Balaban J connectivity index is 2.12. The van der Waals surface area contributed by atoms with Gasteiger partial charge in [-0.05, 0) is 25.3 Å². The molecule has 0 aromatic heterocycles. The van der Waals surface area contributed by atoms with E-state index in [1.165, 1.54) is 0 Å². The third-order valence-electron chi connectivity index (χ3n) is 3.87. The van der Waals surface area contributed by atoms with Crippen molar-refractivity contribution in [3.63, 3.8) is 0 Å². The largest absolute Gasteiger partial charge is 0.481 e. The number of piperazine rings is 1. The van der Waals surface area contributed by atoms with Crippen molar-refractivity contribution >= 4 is 12.0 Å². The number of carboxylic acid groups (broad SMARTS) is 1. The molecule has 1 aliphatic heterocycles. The van der Waals surface area contributed by atoms with Gasteiger partial charge in [-0.1, -0.05) is 13.8 Å². The molecule has 2 amide bonds. The summed E-state index contributed by atoms with van der Waals surface area (Å²) in [6, 6.07) is 0.00573. The van der Waals surface area contributed by atoms with E-state index in [4.69, 9.17) is 5.11 Å². The summed E-state index contributed by atoms with van der Waals surface area (Å²) >= 11 is 0. The summed E-state index contributed by atoms with van der Waals surface area (Å²) in [6.45, 7) is 9.27. The molecule has 6 nitrogen and oxygen atoms in total. The minimum atomic E-state index is -0.755. The fourth-order valence-electron chi connectivity index (χ4n) is 2.32. The maximum Gasteiger partial charge on any atom is 0.317 e. The summed E-state index contributed by atoms with van der Waals surface area (Å²) in [6.07, 6.45) is 1.70.